The fourth-order valence-corrected chi connectivity index (χ4v) is 5.02. The van der Waals surface area contributed by atoms with Gasteiger partial charge in [-0.1, -0.05) is 54.9 Å². The van der Waals surface area contributed by atoms with Gasteiger partial charge in [-0.05, 0) is 74.6 Å². The van der Waals surface area contributed by atoms with Crippen LogP contribution in [0.15, 0.2) is 41.6 Å². The molecule has 2 aromatic carbocycles. The van der Waals surface area contributed by atoms with Crippen molar-refractivity contribution in [1.29, 1.82) is 0 Å². The molecule has 1 aromatic heterocycles. The summed E-state index contributed by atoms with van der Waals surface area (Å²) in [7, 11) is 0. The third-order valence-electron chi connectivity index (χ3n) is 5.68. The zero-order valence-electron chi connectivity index (χ0n) is 21.1. The van der Waals surface area contributed by atoms with E-state index in [1.165, 1.54) is 17.3 Å². The van der Waals surface area contributed by atoms with E-state index in [0.717, 1.165) is 11.3 Å². The number of aromatic nitrogens is 3. The molecule has 3 rings (SSSR count). The van der Waals surface area contributed by atoms with Crippen molar-refractivity contribution in [2.75, 3.05) is 11.1 Å². The molecule has 1 heterocycles. The number of hydrogen-bond acceptors (Lipinski definition) is 5. The molecule has 2 amide bonds. The Morgan fingerprint density at radius 1 is 1.06 bits per heavy atom. The number of carbonyl (C=O) groups is 2. The molecule has 0 aliphatic carbocycles. The first-order chi connectivity index (χ1) is 17.1. The number of hydrogen-bond donors (Lipinski definition) is 2. The minimum absolute atomic E-state index is 0.125. The Morgan fingerprint density at radius 3 is 2.44 bits per heavy atom. The van der Waals surface area contributed by atoms with Gasteiger partial charge in [0.15, 0.2) is 11.0 Å². The molecule has 0 radical (unpaired) electrons. The Kier molecular flexibility index (Phi) is 9.82. The number of thioether (sulfide) groups is 1. The third-order valence-corrected chi connectivity index (χ3v) is 7.20. The van der Waals surface area contributed by atoms with Crippen LogP contribution in [0.2, 0.25) is 10.0 Å². The topological polar surface area (TPSA) is 88.9 Å². The van der Waals surface area contributed by atoms with E-state index >= 15 is 0 Å². The number of amides is 2. The molecule has 3 aromatic rings. The molecular formula is C26H31Cl2N5O2S. The number of anilines is 1. The van der Waals surface area contributed by atoms with Crippen molar-refractivity contribution in [3.05, 3.63) is 69.0 Å². The first-order valence-corrected chi connectivity index (χ1v) is 13.5. The second-order valence-corrected chi connectivity index (χ2v) is 10.8. The second kappa shape index (κ2) is 12.6. The minimum atomic E-state index is -0.379. The molecule has 2 N–H and O–H groups in total. The highest BCUT2D eigenvalue weighted by Crippen LogP contribution is 2.27. The largest absolute Gasteiger partial charge is 0.342 e. The normalized spacial score (nSPS) is 12.0. The van der Waals surface area contributed by atoms with Gasteiger partial charge in [-0.15, -0.1) is 10.2 Å². The zero-order chi connectivity index (χ0) is 26.4. The summed E-state index contributed by atoms with van der Waals surface area (Å²) in [5, 5.41) is 16.1. The predicted molar refractivity (Wildman–Crippen MR) is 147 cm³/mol. The Morgan fingerprint density at radius 2 is 1.81 bits per heavy atom. The molecule has 0 unspecified atom stereocenters. The fourth-order valence-electron chi connectivity index (χ4n) is 3.72. The van der Waals surface area contributed by atoms with Crippen LogP contribution in [0.25, 0.3) is 0 Å². The van der Waals surface area contributed by atoms with Gasteiger partial charge in [0.05, 0.1) is 22.4 Å². The van der Waals surface area contributed by atoms with E-state index in [2.05, 4.69) is 34.7 Å². The van der Waals surface area contributed by atoms with Gasteiger partial charge in [0.25, 0.3) is 5.91 Å². The van der Waals surface area contributed by atoms with E-state index in [0.29, 0.717) is 34.5 Å². The maximum absolute atomic E-state index is 13.0. The van der Waals surface area contributed by atoms with E-state index in [-0.39, 0.29) is 34.5 Å². The van der Waals surface area contributed by atoms with Crippen LogP contribution in [-0.4, -0.2) is 32.3 Å². The van der Waals surface area contributed by atoms with Crippen LogP contribution in [0, 0.1) is 19.8 Å². The number of nitrogens with one attached hydrogen (secondary N) is 2. The Balaban J connectivity index is 1.74. The minimum Gasteiger partial charge on any atom is -0.342 e. The molecule has 192 valence electrons. The summed E-state index contributed by atoms with van der Waals surface area (Å²) in [6, 6.07) is 10.2. The van der Waals surface area contributed by atoms with Crippen molar-refractivity contribution in [1.82, 2.24) is 20.1 Å². The van der Waals surface area contributed by atoms with Crippen LogP contribution in [-0.2, 0) is 11.3 Å². The lowest BCUT2D eigenvalue weighted by atomic mass is 10.0. The molecule has 0 saturated heterocycles. The first-order valence-electron chi connectivity index (χ1n) is 11.8. The summed E-state index contributed by atoms with van der Waals surface area (Å²) in [4.78, 5) is 25.6. The van der Waals surface area contributed by atoms with Crippen LogP contribution in [0.3, 0.4) is 0 Å². The van der Waals surface area contributed by atoms with Gasteiger partial charge in [-0.25, -0.2) is 0 Å². The van der Waals surface area contributed by atoms with Gasteiger partial charge >= 0.3 is 0 Å². The third kappa shape index (κ3) is 7.24. The van der Waals surface area contributed by atoms with Gasteiger partial charge in [-0.2, -0.15) is 0 Å². The number of halogens is 2. The lowest BCUT2D eigenvalue weighted by Crippen LogP contribution is -2.31. The van der Waals surface area contributed by atoms with Crippen LogP contribution >= 0.6 is 35.0 Å². The van der Waals surface area contributed by atoms with Crippen LogP contribution in [0.5, 0.6) is 0 Å². The van der Waals surface area contributed by atoms with Crippen molar-refractivity contribution < 1.29 is 9.59 Å². The van der Waals surface area contributed by atoms with E-state index < -0.39 is 0 Å². The Bertz CT molecular complexity index is 1250. The molecule has 10 heteroatoms. The fraction of sp³-hybridized carbons (Fsp3) is 0.385. The van der Waals surface area contributed by atoms with Crippen LogP contribution in [0.4, 0.5) is 5.69 Å². The van der Waals surface area contributed by atoms with Gasteiger partial charge in [0.2, 0.25) is 5.91 Å². The predicted octanol–water partition coefficient (Wildman–Crippen LogP) is 6.47. The van der Waals surface area contributed by atoms with E-state index in [4.69, 9.17) is 23.2 Å². The van der Waals surface area contributed by atoms with Gasteiger partial charge in [0, 0.05) is 17.3 Å². The monoisotopic (exact) mass is 547 g/mol. The second-order valence-electron chi connectivity index (χ2n) is 9.00. The van der Waals surface area contributed by atoms with Gasteiger partial charge in [0.1, 0.15) is 0 Å². The van der Waals surface area contributed by atoms with E-state index in [9.17, 15) is 9.59 Å². The molecule has 0 aliphatic rings. The first kappa shape index (κ1) is 28.0. The maximum atomic E-state index is 13.0. The zero-order valence-corrected chi connectivity index (χ0v) is 23.4. The maximum Gasteiger partial charge on any atom is 0.253 e. The molecule has 0 fully saturated rings. The molecule has 36 heavy (non-hydrogen) atoms. The average Bonchev–Trinajstić information content (AvgIpc) is 3.22. The molecule has 1 atom stereocenters. The molecule has 0 aliphatic heterocycles. The molecule has 7 nitrogen and oxygen atoms in total. The molecular weight excluding hydrogens is 517 g/mol. The summed E-state index contributed by atoms with van der Waals surface area (Å²) in [5.74, 6) is 0.682. The molecule has 0 saturated carbocycles. The summed E-state index contributed by atoms with van der Waals surface area (Å²) < 4.78 is 1.94. The lowest BCUT2D eigenvalue weighted by Gasteiger charge is -2.21. The standard InChI is InChI=1S/C26H31Cl2N5O2S/c1-6-33-24(22(11-15(2)3)30-25(35)20-10-8-18(27)13-21(20)28)31-32-26(33)36-14-23(34)29-19-9-7-16(4)17(5)12-19/h7-10,12-13,15,22H,6,11,14H2,1-5H3,(H,29,34)(H,30,35)/t22-/m1/s1. The van der Waals surface area contributed by atoms with Gasteiger partial charge in [-0.3, -0.25) is 9.59 Å². The van der Waals surface area contributed by atoms with Crippen molar-refractivity contribution in [2.45, 2.75) is 58.8 Å². The quantitative estimate of drug-likeness (QED) is 0.284. The Hall–Kier alpha value is -2.55. The van der Waals surface area contributed by atoms with E-state index in [1.54, 1.807) is 18.2 Å². The molecule has 0 spiro atoms. The highest BCUT2D eigenvalue weighted by Gasteiger charge is 2.25. The lowest BCUT2D eigenvalue weighted by molar-refractivity contribution is -0.113. The highest BCUT2D eigenvalue weighted by molar-refractivity contribution is 7.99. The van der Waals surface area contributed by atoms with Crippen molar-refractivity contribution in [3.63, 3.8) is 0 Å². The summed E-state index contributed by atoms with van der Waals surface area (Å²) >= 11 is 13.5. The number of carbonyl (C=O) groups excluding carboxylic acids is 2. The Labute approximate surface area is 226 Å². The highest BCUT2D eigenvalue weighted by atomic mass is 35.5. The van der Waals surface area contributed by atoms with Crippen molar-refractivity contribution >= 4 is 52.5 Å². The van der Waals surface area contributed by atoms with Crippen molar-refractivity contribution in [2.24, 2.45) is 5.92 Å². The number of rotatable bonds is 10. The van der Waals surface area contributed by atoms with E-state index in [1.807, 2.05) is 43.5 Å². The summed E-state index contributed by atoms with van der Waals surface area (Å²) in [6.45, 7) is 10.8. The molecule has 0 bridgehead atoms. The number of aryl methyl sites for hydroxylation is 2. The van der Waals surface area contributed by atoms with Crippen LogP contribution < -0.4 is 10.6 Å². The SMILES string of the molecule is CCn1c(SCC(=O)Nc2ccc(C)c(C)c2)nnc1[C@@H](CC(C)C)NC(=O)c1ccc(Cl)cc1Cl. The summed E-state index contributed by atoms with van der Waals surface area (Å²) in [5.41, 5.74) is 3.40. The van der Waals surface area contributed by atoms with Gasteiger partial charge < -0.3 is 15.2 Å². The number of nitrogens with zero attached hydrogens (tertiary/aromatic N) is 3. The van der Waals surface area contributed by atoms with Crippen LogP contribution in [0.1, 0.15) is 60.5 Å². The average molecular weight is 549 g/mol. The summed E-state index contributed by atoms with van der Waals surface area (Å²) in [6.07, 6.45) is 0.660. The van der Waals surface area contributed by atoms with Crippen molar-refractivity contribution in [3.8, 4) is 0 Å². The number of benzene rings is 2. The smallest absolute Gasteiger partial charge is 0.253 e.